The maximum Gasteiger partial charge on any atom is 0.230 e. The summed E-state index contributed by atoms with van der Waals surface area (Å²) in [5.74, 6) is 1.82. The van der Waals surface area contributed by atoms with Crippen molar-refractivity contribution in [3.8, 4) is 17.1 Å². The van der Waals surface area contributed by atoms with Gasteiger partial charge in [0.1, 0.15) is 5.75 Å². The third-order valence-electron chi connectivity index (χ3n) is 3.86. The fourth-order valence-electron chi connectivity index (χ4n) is 2.45. The van der Waals surface area contributed by atoms with Crippen molar-refractivity contribution in [1.29, 1.82) is 0 Å². The zero-order valence-corrected chi connectivity index (χ0v) is 16.4. The summed E-state index contributed by atoms with van der Waals surface area (Å²) in [5, 5.41) is 14.2. The smallest absolute Gasteiger partial charge is 0.230 e. The molecule has 1 amide bonds. The van der Waals surface area contributed by atoms with Gasteiger partial charge in [0.2, 0.25) is 5.91 Å². The Bertz CT molecular complexity index is 860. The van der Waals surface area contributed by atoms with Gasteiger partial charge in [-0.3, -0.25) is 4.79 Å². The van der Waals surface area contributed by atoms with Gasteiger partial charge in [0, 0.05) is 17.5 Å². The number of carbonyl (C=O) groups excluding carboxylic acids is 1. The Hall–Kier alpha value is -2.32. The predicted octanol–water partition coefficient (Wildman–Crippen LogP) is 3.52. The van der Waals surface area contributed by atoms with Gasteiger partial charge in [0.15, 0.2) is 11.0 Å². The summed E-state index contributed by atoms with van der Waals surface area (Å²) >= 11 is 3.01. The lowest BCUT2D eigenvalue weighted by molar-refractivity contribution is -0.119. The Balaban J connectivity index is 1.60. The van der Waals surface area contributed by atoms with Crippen molar-refractivity contribution < 1.29 is 9.53 Å². The first-order valence-corrected chi connectivity index (χ1v) is 9.94. The van der Waals surface area contributed by atoms with Gasteiger partial charge in [-0.15, -0.1) is 21.5 Å². The number of amides is 1. The summed E-state index contributed by atoms with van der Waals surface area (Å²) in [6.07, 6.45) is 0. The van der Waals surface area contributed by atoms with E-state index in [0.29, 0.717) is 10.9 Å². The summed E-state index contributed by atoms with van der Waals surface area (Å²) in [4.78, 5) is 13.3. The van der Waals surface area contributed by atoms with Crippen LogP contribution in [0.15, 0.2) is 46.9 Å². The van der Waals surface area contributed by atoms with Crippen molar-refractivity contribution in [2.75, 3.05) is 12.9 Å². The number of thiophene rings is 1. The van der Waals surface area contributed by atoms with Crippen LogP contribution in [0.2, 0.25) is 0 Å². The molecule has 0 spiro atoms. The van der Waals surface area contributed by atoms with Gasteiger partial charge in [-0.2, -0.15) is 0 Å². The van der Waals surface area contributed by atoms with Crippen LogP contribution in [0.3, 0.4) is 0 Å². The van der Waals surface area contributed by atoms with E-state index in [4.69, 9.17) is 4.74 Å². The standard InChI is InChI=1S/C18H20N4O2S2/c1-12(15-5-4-10-25-15)19-16(23)11-26-18-21-20-17(22(18)2)13-6-8-14(24-3)9-7-13/h4-10,12H,11H2,1-3H3,(H,19,23)/t12-/m1/s1. The predicted molar refractivity (Wildman–Crippen MR) is 105 cm³/mol. The van der Waals surface area contributed by atoms with Crippen molar-refractivity contribution in [3.63, 3.8) is 0 Å². The molecule has 0 unspecified atom stereocenters. The number of thioether (sulfide) groups is 1. The molecule has 2 aromatic heterocycles. The fourth-order valence-corrected chi connectivity index (χ4v) is 3.91. The monoisotopic (exact) mass is 388 g/mol. The van der Waals surface area contributed by atoms with E-state index >= 15 is 0 Å². The van der Waals surface area contributed by atoms with E-state index in [1.165, 1.54) is 11.8 Å². The highest BCUT2D eigenvalue weighted by Gasteiger charge is 2.15. The number of carbonyl (C=O) groups is 1. The third-order valence-corrected chi connectivity index (χ3v) is 5.94. The molecule has 8 heteroatoms. The van der Waals surface area contributed by atoms with E-state index in [1.807, 2.05) is 60.3 Å². The third kappa shape index (κ3) is 4.25. The molecular weight excluding hydrogens is 368 g/mol. The number of nitrogens with zero attached hydrogens (tertiary/aromatic N) is 3. The molecule has 1 aromatic carbocycles. The fraction of sp³-hybridized carbons (Fsp3) is 0.278. The molecule has 0 bridgehead atoms. The molecule has 0 aliphatic carbocycles. The van der Waals surface area contributed by atoms with E-state index in [0.717, 1.165) is 22.0 Å². The highest BCUT2D eigenvalue weighted by molar-refractivity contribution is 7.99. The van der Waals surface area contributed by atoms with Crippen LogP contribution in [-0.4, -0.2) is 33.5 Å². The normalized spacial score (nSPS) is 12.0. The number of aromatic nitrogens is 3. The lowest BCUT2D eigenvalue weighted by atomic mass is 10.2. The van der Waals surface area contributed by atoms with Gasteiger partial charge < -0.3 is 14.6 Å². The summed E-state index contributed by atoms with van der Waals surface area (Å²) in [6.45, 7) is 1.98. The summed E-state index contributed by atoms with van der Waals surface area (Å²) < 4.78 is 7.06. The van der Waals surface area contributed by atoms with Gasteiger partial charge in [0.05, 0.1) is 18.9 Å². The second-order valence-electron chi connectivity index (χ2n) is 5.69. The second kappa shape index (κ2) is 8.37. The molecule has 136 valence electrons. The number of hydrogen-bond acceptors (Lipinski definition) is 6. The molecule has 3 rings (SSSR count). The zero-order chi connectivity index (χ0) is 18.5. The largest absolute Gasteiger partial charge is 0.497 e. The van der Waals surface area contributed by atoms with Gasteiger partial charge in [0.25, 0.3) is 0 Å². The summed E-state index contributed by atoms with van der Waals surface area (Å²) in [5.41, 5.74) is 0.948. The van der Waals surface area contributed by atoms with Gasteiger partial charge in [-0.25, -0.2) is 0 Å². The molecule has 0 aliphatic heterocycles. The minimum atomic E-state index is -0.0232. The number of ether oxygens (including phenoxy) is 1. The molecular formula is C18H20N4O2S2. The Kier molecular flexibility index (Phi) is 5.95. The van der Waals surface area contributed by atoms with E-state index < -0.39 is 0 Å². The molecule has 6 nitrogen and oxygen atoms in total. The van der Waals surface area contributed by atoms with Gasteiger partial charge in [-0.1, -0.05) is 17.8 Å². The lowest BCUT2D eigenvalue weighted by Crippen LogP contribution is -2.27. The molecule has 0 saturated heterocycles. The van der Waals surface area contributed by atoms with Crippen LogP contribution < -0.4 is 10.1 Å². The van der Waals surface area contributed by atoms with Crippen molar-refractivity contribution in [1.82, 2.24) is 20.1 Å². The second-order valence-corrected chi connectivity index (χ2v) is 7.61. The topological polar surface area (TPSA) is 69.0 Å². The maximum atomic E-state index is 12.2. The molecule has 0 aliphatic rings. The van der Waals surface area contributed by atoms with E-state index in [-0.39, 0.29) is 11.9 Å². The molecule has 0 radical (unpaired) electrons. The number of rotatable bonds is 7. The Labute approximate surface area is 160 Å². The average Bonchev–Trinajstić information content (AvgIpc) is 3.30. The van der Waals surface area contributed by atoms with Crippen LogP contribution in [-0.2, 0) is 11.8 Å². The molecule has 3 aromatic rings. The lowest BCUT2D eigenvalue weighted by Gasteiger charge is -2.11. The zero-order valence-electron chi connectivity index (χ0n) is 14.8. The number of benzene rings is 1. The molecule has 26 heavy (non-hydrogen) atoms. The van der Waals surface area contributed by atoms with Crippen molar-refractivity contribution in [3.05, 3.63) is 46.7 Å². The van der Waals surface area contributed by atoms with Crippen LogP contribution in [0.5, 0.6) is 5.75 Å². The first-order chi connectivity index (χ1) is 12.6. The molecule has 0 saturated carbocycles. The summed E-state index contributed by atoms with van der Waals surface area (Å²) in [6, 6.07) is 11.7. The van der Waals surface area contributed by atoms with Crippen LogP contribution >= 0.6 is 23.1 Å². The van der Waals surface area contributed by atoms with Crippen molar-refractivity contribution in [2.45, 2.75) is 18.1 Å². The van der Waals surface area contributed by atoms with E-state index in [9.17, 15) is 4.79 Å². The highest BCUT2D eigenvalue weighted by Crippen LogP contribution is 2.24. The van der Waals surface area contributed by atoms with Crippen LogP contribution in [0.25, 0.3) is 11.4 Å². The van der Waals surface area contributed by atoms with Gasteiger partial charge in [-0.05, 0) is 42.6 Å². The van der Waals surface area contributed by atoms with Crippen molar-refractivity contribution in [2.24, 2.45) is 7.05 Å². The number of hydrogen-bond donors (Lipinski definition) is 1. The highest BCUT2D eigenvalue weighted by atomic mass is 32.2. The van der Waals surface area contributed by atoms with Crippen LogP contribution in [0.1, 0.15) is 17.8 Å². The first-order valence-electron chi connectivity index (χ1n) is 8.08. The Morgan fingerprint density at radius 3 is 2.73 bits per heavy atom. The van der Waals surface area contributed by atoms with Gasteiger partial charge >= 0.3 is 0 Å². The summed E-state index contributed by atoms with van der Waals surface area (Å²) in [7, 11) is 3.53. The number of nitrogens with one attached hydrogen (secondary N) is 1. The van der Waals surface area contributed by atoms with E-state index in [1.54, 1.807) is 18.4 Å². The average molecular weight is 389 g/mol. The maximum absolute atomic E-state index is 12.2. The quantitative estimate of drug-likeness (QED) is 0.627. The minimum absolute atomic E-state index is 0.0115. The molecule has 1 atom stereocenters. The molecule has 0 fully saturated rings. The minimum Gasteiger partial charge on any atom is -0.497 e. The van der Waals surface area contributed by atoms with E-state index in [2.05, 4.69) is 15.5 Å². The Morgan fingerprint density at radius 2 is 2.08 bits per heavy atom. The number of methoxy groups -OCH3 is 1. The molecule has 2 heterocycles. The molecule has 1 N–H and O–H groups in total. The van der Waals surface area contributed by atoms with Crippen LogP contribution in [0.4, 0.5) is 0 Å². The first kappa shape index (κ1) is 18.5. The van der Waals surface area contributed by atoms with Crippen LogP contribution in [0, 0.1) is 0 Å². The van der Waals surface area contributed by atoms with Crippen molar-refractivity contribution >= 4 is 29.0 Å². The Morgan fingerprint density at radius 1 is 1.31 bits per heavy atom. The SMILES string of the molecule is COc1ccc(-c2nnc(SCC(=O)N[C@H](C)c3cccs3)n2C)cc1.